The first kappa shape index (κ1) is 11.0. The maximum Gasteiger partial charge on any atom is 0.0177 e. The van der Waals surface area contributed by atoms with Crippen molar-refractivity contribution in [3.05, 3.63) is 0 Å². The number of nitrogens with one attached hydrogen (secondary N) is 1. The third-order valence-corrected chi connectivity index (χ3v) is 4.32. The van der Waals surface area contributed by atoms with E-state index < -0.39 is 0 Å². The molecule has 0 radical (unpaired) electrons. The molecule has 0 spiro atoms. The molecule has 2 fully saturated rings. The number of alkyl halides is 1. The molecular formula is C9H17Br2N. The van der Waals surface area contributed by atoms with Gasteiger partial charge in [0.05, 0.1) is 0 Å². The molecule has 0 aromatic heterocycles. The summed E-state index contributed by atoms with van der Waals surface area (Å²) < 4.78 is 0. The molecular weight excluding hydrogens is 282 g/mol. The Bertz CT molecular complexity index is 138. The largest absolute Gasteiger partial charge is 0.316 e. The van der Waals surface area contributed by atoms with Crippen LogP contribution in [0.25, 0.3) is 0 Å². The number of fused-ring (bicyclic) bond motifs is 1. The number of hydrogen-bond donors (Lipinski definition) is 1. The van der Waals surface area contributed by atoms with Gasteiger partial charge in [-0.1, -0.05) is 22.4 Å². The van der Waals surface area contributed by atoms with Crippen LogP contribution in [0, 0.1) is 11.8 Å². The summed E-state index contributed by atoms with van der Waals surface area (Å²) in [6, 6.07) is 0. The van der Waals surface area contributed by atoms with Crippen molar-refractivity contribution < 1.29 is 0 Å². The lowest BCUT2D eigenvalue weighted by Gasteiger charge is -2.39. The van der Waals surface area contributed by atoms with Crippen LogP contribution in [-0.4, -0.2) is 17.9 Å². The Morgan fingerprint density at radius 2 is 2.00 bits per heavy atom. The topological polar surface area (TPSA) is 12.0 Å². The number of piperidine rings is 1. The third kappa shape index (κ3) is 2.24. The van der Waals surface area contributed by atoms with Gasteiger partial charge >= 0.3 is 0 Å². The van der Waals surface area contributed by atoms with E-state index in [1.54, 1.807) is 0 Å². The van der Waals surface area contributed by atoms with Crippen LogP contribution in [0.3, 0.4) is 0 Å². The molecule has 1 saturated heterocycles. The second kappa shape index (κ2) is 4.97. The molecule has 2 aliphatic rings. The molecule has 0 amide bonds. The number of rotatable bonds is 0. The Kier molecular flexibility index (Phi) is 4.55. The van der Waals surface area contributed by atoms with Crippen molar-refractivity contribution in [2.45, 2.75) is 30.5 Å². The van der Waals surface area contributed by atoms with E-state index >= 15 is 0 Å². The zero-order chi connectivity index (χ0) is 7.68. The Balaban J connectivity index is 0.000000720. The van der Waals surface area contributed by atoms with Gasteiger partial charge in [0.2, 0.25) is 0 Å². The summed E-state index contributed by atoms with van der Waals surface area (Å²) in [6.07, 6.45) is 5.68. The lowest BCUT2D eigenvalue weighted by atomic mass is 9.75. The Morgan fingerprint density at radius 3 is 2.75 bits per heavy atom. The molecule has 12 heavy (non-hydrogen) atoms. The fraction of sp³-hybridized carbons (Fsp3) is 1.00. The predicted molar refractivity (Wildman–Crippen MR) is 61.4 cm³/mol. The standard InChI is InChI=1S/C9H16BrN.BrH/c10-9-3-1-2-7-6-11-5-4-8(7)9;/h7-9,11H,1-6H2;1H. The molecule has 1 nitrogen and oxygen atoms in total. The number of hydrogen-bond acceptors (Lipinski definition) is 1. The van der Waals surface area contributed by atoms with Crippen LogP contribution >= 0.6 is 32.9 Å². The highest BCUT2D eigenvalue weighted by atomic mass is 79.9. The van der Waals surface area contributed by atoms with Crippen molar-refractivity contribution in [2.75, 3.05) is 13.1 Å². The fourth-order valence-electron chi connectivity index (χ4n) is 2.52. The van der Waals surface area contributed by atoms with Gasteiger partial charge in [-0.15, -0.1) is 17.0 Å². The molecule has 1 aliphatic carbocycles. The Labute approximate surface area is 93.6 Å². The summed E-state index contributed by atoms with van der Waals surface area (Å²) in [7, 11) is 0. The average molecular weight is 299 g/mol. The minimum absolute atomic E-state index is 0. The van der Waals surface area contributed by atoms with Gasteiger partial charge in [-0.25, -0.2) is 0 Å². The van der Waals surface area contributed by atoms with Gasteiger partial charge in [0.15, 0.2) is 0 Å². The summed E-state index contributed by atoms with van der Waals surface area (Å²) in [5.41, 5.74) is 0. The predicted octanol–water partition coefficient (Wildman–Crippen LogP) is 2.74. The normalized spacial score (nSPS) is 41.2. The smallest absolute Gasteiger partial charge is 0.0177 e. The summed E-state index contributed by atoms with van der Waals surface area (Å²) in [4.78, 5) is 0.823. The van der Waals surface area contributed by atoms with Crippen molar-refractivity contribution in [2.24, 2.45) is 11.8 Å². The van der Waals surface area contributed by atoms with Crippen LogP contribution < -0.4 is 5.32 Å². The van der Waals surface area contributed by atoms with Gasteiger partial charge in [-0.3, -0.25) is 0 Å². The van der Waals surface area contributed by atoms with Crippen LogP contribution in [0.5, 0.6) is 0 Å². The first-order chi connectivity index (χ1) is 5.38. The minimum atomic E-state index is 0. The highest BCUT2D eigenvalue weighted by Gasteiger charge is 2.32. The van der Waals surface area contributed by atoms with Gasteiger partial charge in [-0.2, -0.15) is 0 Å². The molecule has 2 rings (SSSR count). The molecule has 1 heterocycles. The molecule has 3 atom stereocenters. The molecule has 72 valence electrons. The molecule has 1 aliphatic heterocycles. The van der Waals surface area contributed by atoms with E-state index in [4.69, 9.17) is 0 Å². The van der Waals surface area contributed by atoms with Gasteiger partial charge in [0.25, 0.3) is 0 Å². The lowest BCUT2D eigenvalue weighted by Crippen LogP contribution is -2.42. The first-order valence-electron chi connectivity index (χ1n) is 4.72. The van der Waals surface area contributed by atoms with E-state index in [1.807, 2.05) is 0 Å². The summed E-state index contributed by atoms with van der Waals surface area (Å²) in [5, 5.41) is 3.48. The van der Waals surface area contributed by atoms with E-state index in [9.17, 15) is 0 Å². The third-order valence-electron chi connectivity index (χ3n) is 3.19. The van der Waals surface area contributed by atoms with E-state index in [-0.39, 0.29) is 17.0 Å². The van der Waals surface area contributed by atoms with Crippen LogP contribution in [0.1, 0.15) is 25.7 Å². The van der Waals surface area contributed by atoms with Crippen molar-refractivity contribution in [1.82, 2.24) is 5.32 Å². The van der Waals surface area contributed by atoms with Crippen molar-refractivity contribution in [3.8, 4) is 0 Å². The molecule has 0 aromatic carbocycles. The Hall–Kier alpha value is 0.920. The molecule has 0 aromatic rings. The maximum atomic E-state index is 3.80. The van der Waals surface area contributed by atoms with Crippen molar-refractivity contribution >= 4 is 32.9 Å². The lowest BCUT2D eigenvalue weighted by molar-refractivity contribution is 0.195. The quantitative estimate of drug-likeness (QED) is 0.678. The highest BCUT2D eigenvalue weighted by molar-refractivity contribution is 9.09. The van der Waals surface area contributed by atoms with Gasteiger partial charge in [0.1, 0.15) is 0 Å². The second-order valence-electron chi connectivity index (χ2n) is 3.86. The van der Waals surface area contributed by atoms with Gasteiger partial charge in [-0.05, 0) is 44.2 Å². The molecule has 0 bridgehead atoms. The zero-order valence-electron chi connectivity index (χ0n) is 7.26. The van der Waals surface area contributed by atoms with Crippen LogP contribution in [0.2, 0.25) is 0 Å². The van der Waals surface area contributed by atoms with Gasteiger partial charge < -0.3 is 5.32 Å². The molecule has 1 saturated carbocycles. The van der Waals surface area contributed by atoms with E-state index in [0.29, 0.717) is 0 Å². The zero-order valence-corrected chi connectivity index (χ0v) is 10.6. The average Bonchev–Trinajstić information content (AvgIpc) is 2.06. The molecule has 3 unspecified atom stereocenters. The van der Waals surface area contributed by atoms with Crippen LogP contribution in [0.15, 0.2) is 0 Å². The maximum absolute atomic E-state index is 3.80. The van der Waals surface area contributed by atoms with Crippen LogP contribution in [-0.2, 0) is 0 Å². The molecule has 1 N–H and O–H groups in total. The molecule has 3 heteroatoms. The minimum Gasteiger partial charge on any atom is -0.316 e. The summed E-state index contributed by atoms with van der Waals surface area (Å²) in [5.74, 6) is 1.95. The first-order valence-corrected chi connectivity index (χ1v) is 5.64. The van der Waals surface area contributed by atoms with Crippen LogP contribution in [0.4, 0.5) is 0 Å². The van der Waals surface area contributed by atoms with E-state index in [1.165, 1.54) is 38.8 Å². The monoisotopic (exact) mass is 297 g/mol. The Morgan fingerprint density at radius 1 is 1.17 bits per heavy atom. The highest BCUT2D eigenvalue weighted by Crippen LogP contribution is 2.37. The number of halogens is 2. The van der Waals surface area contributed by atoms with Crippen molar-refractivity contribution in [3.63, 3.8) is 0 Å². The fourth-order valence-corrected chi connectivity index (χ4v) is 3.54. The SMILES string of the molecule is Br.BrC1CCCC2CNCCC12. The second-order valence-corrected chi connectivity index (χ2v) is 5.04. The summed E-state index contributed by atoms with van der Waals surface area (Å²) in [6.45, 7) is 2.51. The summed E-state index contributed by atoms with van der Waals surface area (Å²) >= 11 is 3.80. The van der Waals surface area contributed by atoms with E-state index in [0.717, 1.165) is 16.7 Å². The van der Waals surface area contributed by atoms with Crippen molar-refractivity contribution in [1.29, 1.82) is 0 Å². The van der Waals surface area contributed by atoms with E-state index in [2.05, 4.69) is 21.2 Å². The van der Waals surface area contributed by atoms with Gasteiger partial charge in [0, 0.05) is 4.83 Å².